The lowest BCUT2D eigenvalue weighted by Gasteiger charge is -2.08. The van der Waals surface area contributed by atoms with Gasteiger partial charge in [0.1, 0.15) is 0 Å². The summed E-state index contributed by atoms with van der Waals surface area (Å²) >= 11 is 3.12. The number of carbonyl (C=O) groups is 1. The normalized spacial score (nSPS) is 10.5. The van der Waals surface area contributed by atoms with Crippen molar-refractivity contribution in [1.82, 2.24) is 15.0 Å². The van der Waals surface area contributed by atoms with E-state index in [1.807, 2.05) is 31.2 Å². The Labute approximate surface area is 151 Å². The molecule has 0 amide bonds. The van der Waals surface area contributed by atoms with Crippen LogP contribution in [-0.4, -0.2) is 20.9 Å². The SMILES string of the molecule is Cc1ccc(Nc2nc(N)nc(COC(=O)c3ccc(Br)o3)n2)cc1. The lowest BCUT2D eigenvalue weighted by atomic mass is 10.2. The Kier molecular flexibility index (Phi) is 4.94. The van der Waals surface area contributed by atoms with E-state index in [9.17, 15) is 4.79 Å². The van der Waals surface area contributed by atoms with Crippen LogP contribution < -0.4 is 11.1 Å². The summed E-state index contributed by atoms with van der Waals surface area (Å²) in [7, 11) is 0. The van der Waals surface area contributed by atoms with Crippen LogP contribution in [-0.2, 0) is 11.3 Å². The van der Waals surface area contributed by atoms with Gasteiger partial charge in [-0.3, -0.25) is 0 Å². The predicted octanol–water partition coefficient (Wildman–Crippen LogP) is 3.22. The number of nitrogens with one attached hydrogen (secondary N) is 1. The first-order valence-corrected chi connectivity index (χ1v) is 8.05. The quantitative estimate of drug-likeness (QED) is 0.623. The molecule has 0 unspecified atom stereocenters. The maximum Gasteiger partial charge on any atom is 0.374 e. The maximum absolute atomic E-state index is 11.9. The number of ether oxygens (including phenoxy) is 1. The van der Waals surface area contributed by atoms with E-state index in [4.69, 9.17) is 14.9 Å². The Morgan fingerprint density at radius 1 is 1.20 bits per heavy atom. The van der Waals surface area contributed by atoms with Crippen LogP contribution in [0, 0.1) is 6.92 Å². The van der Waals surface area contributed by atoms with Crippen LogP contribution in [0.2, 0.25) is 0 Å². The van der Waals surface area contributed by atoms with E-state index in [1.54, 1.807) is 6.07 Å². The number of nitrogen functional groups attached to an aromatic ring is 1. The van der Waals surface area contributed by atoms with Crippen molar-refractivity contribution in [2.75, 3.05) is 11.1 Å². The molecule has 3 aromatic rings. The zero-order valence-electron chi connectivity index (χ0n) is 13.2. The Morgan fingerprint density at radius 2 is 1.96 bits per heavy atom. The molecular weight excluding hydrogens is 390 g/mol. The first-order valence-electron chi connectivity index (χ1n) is 7.26. The Balaban J connectivity index is 1.68. The third-order valence-corrected chi connectivity index (χ3v) is 3.54. The molecule has 0 aliphatic heterocycles. The number of rotatable bonds is 5. The number of benzene rings is 1. The second kappa shape index (κ2) is 7.31. The summed E-state index contributed by atoms with van der Waals surface area (Å²) in [4.78, 5) is 24.0. The van der Waals surface area contributed by atoms with E-state index in [-0.39, 0.29) is 30.1 Å². The molecule has 9 heteroatoms. The number of anilines is 3. The number of hydrogen-bond donors (Lipinski definition) is 2. The fourth-order valence-electron chi connectivity index (χ4n) is 1.95. The average Bonchev–Trinajstić information content (AvgIpc) is 3.01. The minimum atomic E-state index is -0.627. The Hall–Kier alpha value is -2.94. The fraction of sp³-hybridized carbons (Fsp3) is 0.125. The van der Waals surface area contributed by atoms with E-state index < -0.39 is 5.97 Å². The number of nitrogens with zero attached hydrogens (tertiary/aromatic N) is 3. The van der Waals surface area contributed by atoms with Crippen LogP contribution in [0.5, 0.6) is 0 Å². The van der Waals surface area contributed by atoms with Crippen LogP contribution in [0.4, 0.5) is 17.6 Å². The third kappa shape index (κ3) is 4.54. The molecule has 0 spiro atoms. The zero-order chi connectivity index (χ0) is 17.8. The second-order valence-electron chi connectivity index (χ2n) is 5.10. The largest absolute Gasteiger partial charge is 0.452 e. The van der Waals surface area contributed by atoms with Gasteiger partial charge in [0.25, 0.3) is 0 Å². The van der Waals surface area contributed by atoms with Gasteiger partial charge < -0.3 is 20.2 Å². The fourth-order valence-corrected chi connectivity index (χ4v) is 2.26. The Morgan fingerprint density at radius 3 is 2.64 bits per heavy atom. The van der Waals surface area contributed by atoms with Gasteiger partial charge in [0, 0.05) is 5.69 Å². The van der Waals surface area contributed by atoms with Gasteiger partial charge in [0.2, 0.25) is 17.7 Å². The van der Waals surface area contributed by atoms with Crippen LogP contribution in [0.25, 0.3) is 0 Å². The summed E-state index contributed by atoms with van der Waals surface area (Å²) in [5.74, 6) is -0.0368. The summed E-state index contributed by atoms with van der Waals surface area (Å²) in [5, 5.41) is 3.03. The van der Waals surface area contributed by atoms with Crippen LogP contribution >= 0.6 is 15.9 Å². The third-order valence-electron chi connectivity index (χ3n) is 3.11. The number of nitrogens with two attached hydrogens (primary N) is 1. The molecule has 0 bridgehead atoms. The molecule has 25 heavy (non-hydrogen) atoms. The molecule has 0 radical (unpaired) electrons. The number of esters is 1. The standard InChI is InChI=1S/C16H14BrN5O3/c1-9-2-4-10(5-3-9)19-16-21-13(20-15(18)22-16)8-24-14(23)11-6-7-12(17)25-11/h2-7H,8H2,1H3,(H3,18,19,20,21,22). The molecule has 3 rings (SSSR count). The number of aryl methyl sites for hydroxylation is 1. The molecule has 128 valence electrons. The number of furan rings is 1. The van der Waals surface area contributed by atoms with Gasteiger partial charge in [-0.15, -0.1) is 0 Å². The van der Waals surface area contributed by atoms with Gasteiger partial charge in [-0.25, -0.2) is 4.79 Å². The highest BCUT2D eigenvalue weighted by molar-refractivity contribution is 9.10. The zero-order valence-corrected chi connectivity index (χ0v) is 14.8. The van der Waals surface area contributed by atoms with Crippen molar-refractivity contribution in [2.45, 2.75) is 13.5 Å². The van der Waals surface area contributed by atoms with Gasteiger partial charge in [-0.2, -0.15) is 15.0 Å². The predicted molar refractivity (Wildman–Crippen MR) is 94.2 cm³/mol. The summed E-state index contributed by atoms with van der Waals surface area (Å²) in [5.41, 5.74) is 7.63. The van der Waals surface area contributed by atoms with E-state index in [1.165, 1.54) is 6.07 Å². The maximum atomic E-state index is 11.9. The van der Waals surface area contributed by atoms with Crippen molar-refractivity contribution in [3.05, 3.63) is 58.2 Å². The molecule has 0 aliphatic rings. The van der Waals surface area contributed by atoms with E-state index in [0.29, 0.717) is 4.67 Å². The van der Waals surface area contributed by atoms with Crippen molar-refractivity contribution >= 4 is 39.5 Å². The summed E-state index contributed by atoms with van der Waals surface area (Å²) < 4.78 is 10.7. The van der Waals surface area contributed by atoms with Crippen LogP contribution in [0.1, 0.15) is 21.9 Å². The highest BCUT2D eigenvalue weighted by Crippen LogP contribution is 2.16. The van der Waals surface area contributed by atoms with Crippen molar-refractivity contribution < 1.29 is 13.9 Å². The van der Waals surface area contributed by atoms with Gasteiger partial charge in [0.05, 0.1) is 0 Å². The minimum absolute atomic E-state index is 0.0244. The summed E-state index contributed by atoms with van der Waals surface area (Å²) in [6, 6.07) is 10.8. The molecular formula is C16H14BrN5O3. The summed E-state index contributed by atoms with van der Waals surface area (Å²) in [6.07, 6.45) is 0. The van der Waals surface area contributed by atoms with Crippen molar-refractivity contribution in [2.24, 2.45) is 0 Å². The molecule has 0 aliphatic carbocycles. The van der Waals surface area contributed by atoms with E-state index >= 15 is 0 Å². The molecule has 1 aromatic carbocycles. The first-order chi connectivity index (χ1) is 12.0. The molecule has 2 aromatic heterocycles. The van der Waals surface area contributed by atoms with Crippen molar-refractivity contribution in [1.29, 1.82) is 0 Å². The Bertz CT molecular complexity index is 895. The lowest BCUT2D eigenvalue weighted by Crippen LogP contribution is -2.10. The van der Waals surface area contributed by atoms with Crippen LogP contribution in [0.15, 0.2) is 45.5 Å². The van der Waals surface area contributed by atoms with Gasteiger partial charge in [-0.05, 0) is 47.1 Å². The van der Waals surface area contributed by atoms with Crippen molar-refractivity contribution in [3.8, 4) is 0 Å². The summed E-state index contributed by atoms with van der Waals surface area (Å²) in [6.45, 7) is 1.83. The molecule has 3 N–H and O–H groups in total. The average molecular weight is 404 g/mol. The van der Waals surface area contributed by atoms with Gasteiger partial charge in [-0.1, -0.05) is 17.7 Å². The lowest BCUT2D eigenvalue weighted by molar-refractivity contribution is 0.0424. The number of hydrogen-bond acceptors (Lipinski definition) is 8. The number of halogens is 1. The van der Waals surface area contributed by atoms with Crippen LogP contribution in [0.3, 0.4) is 0 Å². The van der Waals surface area contributed by atoms with E-state index in [2.05, 4.69) is 36.2 Å². The van der Waals surface area contributed by atoms with Crippen molar-refractivity contribution in [3.63, 3.8) is 0 Å². The molecule has 0 fully saturated rings. The second-order valence-corrected chi connectivity index (χ2v) is 5.89. The topological polar surface area (TPSA) is 116 Å². The molecule has 0 saturated heterocycles. The smallest absolute Gasteiger partial charge is 0.374 e. The number of aromatic nitrogens is 3. The highest BCUT2D eigenvalue weighted by Gasteiger charge is 2.14. The van der Waals surface area contributed by atoms with E-state index in [0.717, 1.165) is 11.3 Å². The molecule has 0 atom stereocenters. The molecule has 2 heterocycles. The first kappa shape index (κ1) is 16.9. The minimum Gasteiger partial charge on any atom is -0.452 e. The monoisotopic (exact) mass is 403 g/mol. The number of carbonyl (C=O) groups excluding carboxylic acids is 1. The van der Waals surface area contributed by atoms with Gasteiger partial charge >= 0.3 is 5.97 Å². The highest BCUT2D eigenvalue weighted by atomic mass is 79.9. The molecule has 8 nitrogen and oxygen atoms in total. The molecule has 0 saturated carbocycles. The van der Waals surface area contributed by atoms with Gasteiger partial charge in [0.15, 0.2) is 17.1 Å².